The van der Waals surface area contributed by atoms with Crippen LogP contribution in [0.3, 0.4) is 0 Å². The summed E-state index contributed by atoms with van der Waals surface area (Å²) in [6.07, 6.45) is 7.41. The predicted octanol–water partition coefficient (Wildman–Crippen LogP) is 8.00. The first-order valence-electron chi connectivity index (χ1n) is 14.0. The van der Waals surface area contributed by atoms with Crippen molar-refractivity contribution in [3.05, 3.63) is 89.7 Å². The number of fused-ring (bicyclic) bond motifs is 1. The second-order valence-corrected chi connectivity index (χ2v) is 11.0. The van der Waals surface area contributed by atoms with Gasteiger partial charge in [0.2, 0.25) is 5.12 Å². The molecule has 6 nitrogen and oxygen atoms in total. The molecule has 3 aromatic carbocycles. The zero-order chi connectivity index (χ0) is 27.9. The molecule has 1 saturated heterocycles. The molecule has 4 aromatic rings. The van der Waals surface area contributed by atoms with Gasteiger partial charge < -0.3 is 13.9 Å². The number of furan rings is 1. The number of aryl methyl sites for hydroxylation is 3. The maximum Gasteiger partial charge on any atom is 0.294 e. The molecular weight excluding hydrogens is 522 g/mol. The van der Waals surface area contributed by atoms with Crippen molar-refractivity contribution >= 4 is 38.8 Å². The number of unbranched alkanes of at least 4 members (excludes halogenated alkanes) is 1. The smallest absolute Gasteiger partial charge is 0.294 e. The van der Waals surface area contributed by atoms with Crippen LogP contribution in [-0.4, -0.2) is 29.6 Å². The van der Waals surface area contributed by atoms with Gasteiger partial charge in [-0.25, -0.2) is 0 Å². The van der Waals surface area contributed by atoms with Crippen LogP contribution in [-0.2, 0) is 24.1 Å². The molecule has 1 atom stereocenters. The molecule has 1 unspecified atom stereocenters. The second kappa shape index (κ2) is 13.1. The molecule has 5 rings (SSSR count). The topological polar surface area (TPSA) is 69.0 Å². The number of anilines is 1. The molecule has 1 fully saturated rings. The quantitative estimate of drug-likeness (QED) is 0.155. The van der Waals surface area contributed by atoms with Gasteiger partial charge in [0.1, 0.15) is 23.1 Å². The van der Waals surface area contributed by atoms with E-state index in [0.29, 0.717) is 24.7 Å². The molecule has 0 N–H and O–H groups in total. The van der Waals surface area contributed by atoms with E-state index in [9.17, 15) is 9.59 Å². The molecule has 1 aromatic heterocycles. The Hall–Kier alpha value is -3.71. The summed E-state index contributed by atoms with van der Waals surface area (Å²) in [4.78, 5) is 25.6. The van der Waals surface area contributed by atoms with Gasteiger partial charge in [-0.2, -0.15) is 0 Å². The Bertz CT molecular complexity index is 1460. The van der Waals surface area contributed by atoms with Crippen LogP contribution >= 0.6 is 11.8 Å². The fourth-order valence-corrected chi connectivity index (χ4v) is 5.85. The number of hydrogen-bond donors (Lipinski definition) is 0. The summed E-state index contributed by atoms with van der Waals surface area (Å²) in [7, 11) is 0. The van der Waals surface area contributed by atoms with E-state index in [4.69, 9.17) is 13.9 Å². The van der Waals surface area contributed by atoms with Gasteiger partial charge in [0.05, 0.1) is 19.5 Å². The summed E-state index contributed by atoms with van der Waals surface area (Å²) in [5.74, 6) is 1.57. The number of amides is 1. The third-order valence-corrected chi connectivity index (χ3v) is 8.10. The summed E-state index contributed by atoms with van der Waals surface area (Å²) in [6.45, 7) is 5.04. The van der Waals surface area contributed by atoms with E-state index in [-0.39, 0.29) is 10.4 Å². The zero-order valence-electron chi connectivity index (χ0n) is 23.1. The van der Waals surface area contributed by atoms with Gasteiger partial charge in [-0.3, -0.25) is 14.5 Å². The van der Waals surface area contributed by atoms with E-state index in [1.54, 1.807) is 6.92 Å². The largest absolute Gasteiger partial charge is 0.494 e. The van der Waals surface area contributed by atoms with E-state index in [1.807, 2.05) is 36.6 Å². The molecule has 1 aliphatic rings. The van der Waals surface area contributed by atoms with Crippen molar-refractivity contribution in [1.29, 1.82) is 0 Å². The lowest BCUT2D eigenvalue weighted by Gasteiger charge is -2.20. The summed E-state index contributed by atoms with van der Waals surface area (Å²) >= 11 is 0.757. The molecule has 2 heterocycles. The van der Waals surface area contributed by atoms with E-state index < -0.39 is 6.04 Å². The summed E-state index contributed by atoms with van der Waals surface area (Å²) < 4.78 is 18.2. The molecule has 7 heteroatoms. The molecule has 40 heavy (non-hydrogen) atoms. The molecule has 0 spiro atoms. The van der Waals surface area contributed by atoms with Crippen molar-refractivity contribution in [2.45, 2.75) is 58.4 Å². The first-order valence-corrected chi connectivity index (χ1v) is 14.8. The summed E-state index contributed by atoms with van der Waals surface area (Å²) in [5.41, 5.74) is 5.32. The van der Waals surface area contributed by atoms with E-state index >= 15 is 0 Å². The highest BCUT2D eigenvalue weighted by Gasteiger charge is 2.37. The Morgan fingerprint density at radius 3 is 2.45 bits per heavy atom. The van der Waals surface area contributed by atoms with Crippen molar-refractivity contribution in [3.63, 3.8) is 0 Å². The average Bonchev–Trinajstić information content (AvgIpc) is 3.50. The fourth-order valence-electron chi connectivity index (χ4n) is 5.04. The lowest BCUT2D eigenvalue weighted by Crippen LogP contribution is -2.32. The number of hydrogen-bond acceptors (Lipinski definition) is 6. The van der Waals surface area contributed by atoms with Crippen LogP contribution in [0.25, 0.3) is 11.0 Å². The molecule has 1 aliphatic heterocycles. The third kappa shape index (κ3) is 6.36. The van der Waals surface area contributed by atoms with Gasteiger partial charge in [-0.15, -0.1) is 0 Å². The minimum atomic E-state index is -0.469. The molecule has 0 aliphatic carbocycles. The summed E-state index contributed by atoms with van der Waals surface area (Å²) in [6, 6.07) is 21.6. The minimum Gasteiger partial charge on any atom is -0.494 e. The number of benzene rings is 3. The minimum absolute atomic E-state index is 0.131. The molecular formula is C33H35NO5S. The first kappa shape index (κ1) is 27.8. The van der Waals surface area contributed by atoms with Gasteiger partial charge in [0, 0.05) is 34.5 Å². The predicted molar refractivity (Wildman–Crippen MR) is 161 cm³/mol. The highest BCUT2D eigenvalue weighted by molar-refractivity contribution is 8.27. The van der Waals surface area contributed by atoms with Crippen molar-refractivity contribution in [3.8, 4) is 11.5 Å². The van der Waals surface area contributed by atoms with Crippen LogP contribution in [0.1, 0.15) is 49.8 Å². The van der Waals surface area contributed by atoms with E-state index in [0.717, 1.165) is 67.2 Å². The van der Waals surface area contributed by atoms with Crippen LogP contribution in [0.5, 0.6) is 11.5 Å². The Labute approximate surface area is 239 Å². The maximum atomic E-state index is 12.2. The SMILES string of the molecule is CCCc1c(OCCCCOc2cccc(N3C(=O)SC(=O)C3C)c2)ccc2c(CCc3ccccc3)coc12. The van der Waals surface area contributed by atoms with Gasteiger partial charge in [-0.1, -0.05) is 49.7 Å². The highest BCUT2D eigenvalue weighted by atomic mass is 32.2. The zero-order valence-corrected chi connectivity index (χ0v) is 23.9. The number of nitrogens with zero attached hydrogens (tertiary/aromatic N) is 1. The van der Waals surface area contributed by atoms with Crippen LogP contribution in [0.4, 0.5) is 10.5 Å². The molecule has 0 saturated carbocycles. The Kier molecular flexibility index (Phi) is 9.12. The van der Waals surface area contributed by atoms with Crippen LogP contribution in [0, 0.1) is 0 Å². The highest BCUT2D eigenvalue weighted by Crippen LogP contribution is 2.34. The first-order chi connectivity index (χ1) is 19.5. The number of thioether (sulfide) groups is 1. The van der Waals surface area contributed by atoms with Crippen molar-refractivity contribution in [1.82, 2.24) is 0 Å². The van der Waals surface area contributed by atoms with E-state index in [2.05, 4.69) is 43.3 Å². The molecule has 1 amide bonds. The van der Waals surface area contributed by atoms with Crippen molar-refractivity contribution < 1.29 is 23.5 Å². The van der Waals surface area contributed by atoms with Crippen LogP contribution in [0.2, 0.25) is 0 Å². The number of rotatable bonds is 13. The normalized spacial score (nSPS) is 15.2. The molecule has 0 radical (unpaired) electrons. The van der Waals surface area contributed by atoms with Gasteiger partial charge >= 0.3 is 0 Å². The second-order valence-electron chi connectivity index (χ2n) is 10.0. The van der Waals surface area contributed by atoms with Gasteiger partial charge in [-0.05, 0) is 74.4 Å². The summed E-state index contributed by atoms with van der Waals surface area (Å²) in [5, 5.41) is 0.800. The lowest BCUT2D eigenvalue weighted by molar-refractivity contribution is -0.111. The fraction of sp³-hybridized carbons (Fsp3) is 0.333. The average molecular weight is 558 g/mol. The van der Waals surface area contributed by atoms with E-state index in [1.165, 1.54) is 21.4 Å². The van der Waals surface area contributed by atoms with Crippen molar-refractivity contribution in [2.24, 2.45) is 0 Å². The van der Waals surface area contributed by atoms with Crippen molar-refractivity contribution in [2.75, 3.05) is 18.1 Å². The van der Waals surface area contributed by atoms with Crippen LogP contribution < -0.4 is 14.4 Å². The number of carbonyl (C=O) groups excluding carboxylic acids is 2. The Balaban J connectivity index is 1.13. The Morgan fingerprint density at radius 1 is 0.900 bits per heavy atom. The molecule has 208 valence electrons. The number of ether oxygens (including phenoxy) is 2. The maximum absolute atomic E-state index is 12.2. The third-order valence-electron chi connectivity index (χ3n) is 7.18. The standard InChI is InChI=1S/C33H35NO5S/c1-3-10-29-30(18-17-28-25(22-39-31(28)29)16-15-24-11-5-4-6-12-24)38-20-8-7-19-37-27-14-9-13-26(21-27)34-23(2)32(35)40-33(34)36/h4-6,9,11-14,17-18,21-23H,3,7-8,10,15-16,19-20H2,1-2H3. The number of carbonyl (C=O) groups is 2. The molecule has 0 bridgehead atoms. The monoisotopic (exact) mass is 557 g/mol. The lowest BCUT2D eigenvalue weighted by atomic mass is 10.0. The van der Waals surface area contributed by atoms with Gasteiger partial charge in [0.15, 0.2) is 0 Å². The Morgan fingerprint density at radius 2 is 1.70 bits per heavy atom. The van der Waals surface area contributed by atoms with Gasteiger partial charge in [0.25, 0.3) is 5.24 Å². The van der Waals surface area contributed by atoms with Crippen LogP contribution in [0.15, 0.2) is 77.4 Å².